The van der Waals surface area contributed by atoms with Gasteiger partial charge in [0.15, 0.2) is 0 Å². The molecule has 0 saturated heterocycles. The summed E-state index contributed by atoms with van der Waals surface area (Å²) < 4.78 is 0. The monoisotopic (exact) mass is 349 g/mol. The zero-order valence-electron chi connectivity index (χ0n) is 13.6. The van der Waals surface area contributed by atoms with Crippen LogP contribution in [0.15, 0.2) is 47.6 Å². The van der Waals surface area contributed by atoms with Crippen molar-refractivity contribution in [3.63, 3.8) is 0 Å². The number of hydrogen-bond acceptors (Lipinski definition) is 3. The van der Waals surface area contributed by atoms with Crippen molar-refractivity contribution >= 4 is 40.3 Å². The number of benzene rings is 2. The van der Waals surface area contributed by atoms with Gasteiger partial charge in [0, 0.05) is 34.9 Å². The normalized spacial score (nSPS) is 11.4. The van der Waals surface area contributed by atoms with E-state index in [9.17, 15) is 0 Å². The average molecular weight is 350 g/mol. The number of halogens is 2. The molecule has 0 atom stereocenters. The van der Waals surface area contributed by atoms with Crippen LogP contribution in [-0.4, -0.2) is 19.3 Å². The van der Waals surface area contributed by atoms with Crippen LogP contribution in [0.5, 0.6) is 0 Å². The molecule has 0 bridgehead atoms. The van der Waals surface area contributed by atoms with Gasteiger partial charge in [-0.15, -0.1) is 0 Å². The van der Waals surface area contributed by atoms with Crippen LogP contribution in [0.1, 0.15) is 25.8 Å². The van der Waals surface area contributed by atoms with Gasteiger partial charge in [-0.1, -0.05) is 36.2 Å². The molecule has 0 fully saturated rings. The summed E-state index contributed by atoms with van der Waals surface area (Å²) in [6.07, 6.45) is 0.984. The molecule has 122 valence electrons. The largest absolute Gasteiger partial charge is 0.388 e. The van der Waals surface area contributed by atoms with Crippen LogP contribution in [-0.2, 0) is 0 Å². The Morgan fingerprint density at radius 2 is 1.87 bits per heavy atom. The minimum atomic E-state index is 0.693. The van der Waals surface area contributed by atoms with Crippen LogP contribution in [0.4, 0.5) is 11.4 Å². The molecule has 2 rings (SSSR count). The first-order valence-electron chi connectivity index (χ1n) is 7.61. The van der Waals surface area contributed by atoms with E-state index in [1.54, 1.807) is 0 Å². The Balaban J connectivity index is 2.41. The molecule has 3 nitrogen and oxygen atoms in total. The topological polar surface area (TPSA) is 27.6 Å². The summed E-state index contributed by atoms with van der Waals surface area (Å²) in [6.45, 7) is 4.92. The summed E-state index contributed by atoms with van der Waals surface area (Å²) in [4.78, 5) is 0. The summed E-state index contributed by atoms with van der Waals surface area (Å²) in [7, 11) is 1.89. The van der Waals surface area contributed by atoms with E-state index in [1.807, 2.05) is 61.4 Å². The molecule has 0 aromatic heterocycles. The third-order valence-corrected chi connectivity index (χ3v) is 3.92. The van der Waals surface area contributed by atoms with E-state index in [2.05, 4.69) is 12.2 Å². The fourth-order valence-electron chi connectivity index (χ4n) is 2.35. The third-order valence-electron chi connectivity index (χ3n) is 3.45. The van der Waals surface area contributed by atoms with Crippen molar-refractivity contribution < 1.29 is 0 Å². The third kappa shape index (κ3) is 4.63. The van der Waals surface area contributed by atoms with Crippen LogP contribution in [0.2, 0.25) is 10.0 Å². The molecule has 0 aliphatic carbocycles. The molecular formula is C18H21Cl2N3. The Labute approximate surface area is 147 Å². The molecule has 1 N–H and O–H groups in total. The van der Waals surface area contributed by atoms with Crippen LogP contribution in [0.25, 0.3) is 0 Å². The first-order chi connectivity index (χ1) is 11.0. The van der Waals surface area contributed by atoms with E-state index in [0.29, 0.717) is 10.0 Å². The van der Waals surface area contributed by atoms with E-state index in [4.69, 9.17) is 28.3 Å². The lowest BCUT2D eigenvalue weighted by atomic mass is 10.1. The summed E-state index contributed by atoms with van der Waals surface area (Å²) in [5.41, 5.74) is 3.86. The number of hydrazone groups is 1. The molecule has 0 aliphatic heterocycles. The molecular weight excluding hydrogens is 329 g/mol. The average Bonchev–Trinajstić information content (AvgIpc) is 2.54. The highest BCUT2D eigenvalue weighted by Gasteiger charge is 2.10. The molecule has 5 heteroatoms. The van der Waals surface area contributed by atoms with Crippen molar-refractivity contribution in [3.8, 4) is 0 Å². The first kappa shape index (κ1) is 17.6. The highest BCUT2D eigenvalue weighted by atomic mass is 35.5. The maximum Gasteiger partial charge on any atom is 0.0672 e. The van der Waals surface area contributed by atoms with E-state index < -0.39 is 0 Å². The van der Waals surface area contributed by atoms with E-state index in [-0.39, 0.29) is 0 Å². The maximum absolute atomic E-state index is 6.14. The Kier molecular flexibility index (Phi) is 6.31. The zero-order valence-corrected chi connectivity index (χ0v) is 15.1. The summed E-state index contributed by atoms with van der Waals surface area (Å²) in [5, 5.41) is 11.3. The standard InChI is InChI=1S/C18H21Cl2N3/c1-4-10-23(16-7-5-6-14(19)11-16)22-13(2)17-12-15(20)8-9-18(17)21-3/h5-9,11-12,21H,4,10H2,1-3H3/b22-13+. The van der Waals surface area contributed by atoms with Crippen molar-refractivity contribution in [2.24, 2.45) is 5.10 Å². The molecule has 0 unspecified atom stereocenters. The van der Waals surface area contributed by atoms with Crippen molar-refractivity contribution in [2.45, 2.75) is 20.3 Å². The molecule has 0 heterocycles. The van der Waals surface area contributed by atoms with Gasteiger partial charge >= 0.3 is 0 Å². The van der Waals surface area contributed by atoms with Gasteiger partial charge in [-0.25, -0.2) is 0 Å². The molecule has 2 aromatic carbocycles. The molecule has 0 spiro atoms. The second kappa shape index (κ2) is 8.23. The van der Waals surface area contributed by atoms with Gasteiger partial charge in [0.25, 0.3) is 0 Å². The highest BCUT2D eigenvalue weighted by Crippen LogP contribution is 2.24. The SMILES string of the molecule is CCCN(/N=C(\C)c1cc(Cl)ccc1NC)c1cccc(Cl)c1. The lowest BCUT2D eigenvalue weighted by molar-refractivity contribution is 0.806. The van der Waals surface area contributed by atoms with Gasteiger partial charge in [-0.2, -0.15) is 5.10 Å². The second-order valence-corrected chi connectivity index (χ2v) is 6.10. The second-order valence-electron chi connectivity index (χ2n) is 5.23. The molecule has 23 heavy (non-hydrogen) atoms. The van der Waals surface area contributed by atoms with Gasteiger partial charge in [0.05, 0.1) is 11.4 Å². The predicted octanol–water partition coefficient (Wildman–Crippen LogP) is 5.68. The summed E-state index contributed by atoms with van der Waals surface area (Å²) in [5.74, 6) is 0. The quantitative estimate of drug-likeness (QED) is 0.536. The van der Waals surface area contributed by atoms with Crippen LogP contribution >= 0.6 is 23.2 Å². The lowest BCUT2D eigenvalue weighted by Gasteiger charge is -2.20. The maximum atomic E-state index is 6.14. The molecule has 0 aliphatic rings. The van der Waals surface area contributed by atoms with Gasteiger partial charge in [-0.3, -0.25) is 5.01 Å². The molecule has 0 radical (unpaired) electrons. The number of rotatable bonds is 6. The van der Waals surface area contributed by atoms with Crippen LogP contribution < -0.4 is 10.3 Å². The molecule has 2 aromatic rings. The van der Waals surface area contributed by atoms with Gasteiger partial charge < -0.3 is 5.32 Å². The van der Waals surface area contributed by atoms with E-state index in [0.717, 1.165) is 35.6 Å². The van der Waals surface area contributed by atoms with E-state index in [1.165, 1.54) is 0 Å². The molecule has 0 saturated carbocycles. The van der Waals surface area contributed by atoms with Gasteiger partial charge in [0.1, 0.15) is 0 Å². The summed E-state index contributed by atoms with van der Waals surface area (Å²) in [6, 6.07) is 13.5. The number of hydrogen-bond donors (Lipinski definition) is 1. The van der Waals surface area contributed by atoms with Gasteiger partial charge in [0.2, 0.25) is 0 Å². The van der Waals surface area contributed by atoms with Crippen molar-refractivity contribution in [1.82, 2.24) is 0 Å². The van der Waals surface area contributed by atoms with Gasteiger partial charge in [-0.05, 0) is 49.7 Å². The summed E-state index contributed by atoms with van der Waals surface area (Å²) >= 11 is 12.2. The lowest BCUT2D eigenvalue weighted by Crippen LogP contribution is -2.19. The minimum Gasteiger partial charge on any atom is -0.388 e. The van der Waals surface area contributed by atoms with Crippen molar-refractivity contribution in [1.29, 1.82) is 0 Å². The Hall–Kier alpha value is -1.71. The first-order valence-corrected chi connectivity index (χ1v) is 8.36. The Morgan fingerprint density at radius 1 is 1.13 bits per heavy atom. The predicted molar refractivity (Wildman–Crippen MR) is 102 cm³/mol. The fourth-order valence-corrected chi connectivity index (χ4v) is 2.71. The smallest absolute Gasteiger partial charge is 0.0672 e. The highest BCUT2D eigenvalue weighted by molar-refractivity contribution is 6.31. The molecule has 0 amide bonds. The van der Waals surface area contributed by atoms with Crippen LogP contribution in [0, 0.1) is 0 Å². The van der Waals surface area contributed by atoms with Crippen molar-refractivity contribution in [2.75, 3.05) is 23.9 Å². The van der Waals surface area contributed by atoms with Crippen molar-refractivity contribution in [3.05, 3.63) is 58.1 Å². The Morgan fingerprint density at radius 3 is 2.52 bits per heavy atom. The van der Waals surface area contributed by atoms with E-state index >= 15 is 0 Å². The fraction of sp³-hybridized carbons (Fsp3) is 0.278. The number of nitrogens with one attached hydrogen (secondary N) is 1. The Bertz CT molecular complexity index is 698. The number of anilines is 2. The number of nitrogens with zero attached hydrogens (tertiary/aromatic N) is 2. The minimum absolute atomic E-state index is 0.693. The zero-order chi connectivity index (χ0) is 16.8. The van der Waals surface area contributed by atoms with Crippen LogP contribution in [0.3, 0.4) is 0 Å².